The molecule has 2 saturated heterocycles. The number of ether oxygens (including phenoxy) is 1. The second kappa shape index (κ2) is 7.94. The summed E-state index contributed by atoms with van der Waals surface area (Å²) in [6.45, 7) is 15.1. The number of piperazine rings is 1. The lowest BCUT2D eigenvalue weighted by Crippen LogP contribution is -2.59. The van der Waals surface area contributed by atoms with Crippen LogP contribution in [0, 0.1) is 11.8 Å². The van der Waals surface area contributed by atoms with Crippen LogP contribution in [0.5, 0.6) is 0 Å². The fraction of sp³-hybridized carbons (Fsp3) is 1.00. The number of rotatable bonds is 6. The van der Waals surface area contributed by atoms with E-state index in [4.69, 9.17) is 4.74 Å². The molecule has 5 atom stereocenters. The molecule has 2 aliphatic heterocycles. The number of nitrogens with zero attached hydrogens (tertiary/aromatic N) is 1. The molecule has 5 unspecified atom stereocenters. The van der Waals surface area contributed by atoms with Crippen molar-refractivity contribution in [1.82, 2.24) is 10.2 Å². The van der Waals surface area contributed by atoms with Crippen molar-refractivity contribution in [2.45, 2.75) is 84.6 Å². The fourth-order valence-electron chi connectivity index (χ4n) is 3.83. The summed E-state index contributed by atoms with van der Waals surface area (Å²) in [7, 11) is 0. The molecule has 3 heteroatoms. The third-order valence-corrected chi connectivity index (χ3v) is 5.40. The van der Waals surface area contributed by atoms with Crippen molar-refractivity contribution in [2.24, 2.45) is 11.8 Å². The van der Waals surface area contributed by atoms with Gasteiger partial charge in [0.2, 0.25) is 0 Å². The number of nitrogens with one attached hydrogen (secondary N) is 1. The van der Waals surface area contributed by atoms with Crippen molar-refractivity contribution in [3.8, 4) is 0 Å². The normalized spacial score (nSPS) is 36.3. The molecule has 0 saturated carbocycles. The molecule has 0 aromatic heterocycles. The van der Waals surface area contributed by atoms with E-state index < -0.39 is 0 Å². The van der Waals surface area contributed by atoms with Gasteiger partial charge in [-0.15, -0.1) is 0 Å². The second-order valence-electron chi connectivity index (χ2n) is 7.78. The molecular weight excluding hydrogens is 260 g/mol. The molecule has 2 aliphatic rings. The smallest absolute Gasteiger partial charge is 0.0706 e. The zero-order valence-electron chi connectivity index (χ0n) is 14.8. The zero-order valence-corrected chi connectivity index (χ0v) is 14.8. The Bertz CT molecular complexity index is 306. The van der Waals surface area contributed by atoms with Crippen LogP contribution >= 0.6 is 0 Å². The molecule has 0 aromatic rings. The minimum absolute atomic E-state index is 0.463. The Morgan fingerprint density at radius 1 is 1.24 bits per heavy atom. The minimum atomic E-state index is 0.463. The van der Waals surface area contributed by atoms with Crippen LogP contribution in [0.2, 0.25) is 0 Å². The van der Waals surface area contributed by atoms with Crippen LogP contribution < -0.4 is 5.32 Å². The van der Waals surface area contributed by atoms with Gasteiger partial charge in [-0.3, -0.25) is 4.90 Å². The molecule has 1 N–H and O–H groups in total. The first kappa shape index (κ1) is 17.2. The SMILES string of the molecule is CCC(C)C1CN(CC2CCC(C)O2)C(CC(C)C)CN1. The highest BCUT2D eigenvalue weighted by Crippen LogP contribution is 2.24. The highest BCUT2D eigenvalue weighted by Gasteiger charge is 2.33. The van der Waals surface area contributed by atoms with E-state index in [0.717, 1.165) is 24.9 Å². The summed E-state index contributed by atoms with van der Waals surface area (Å²) in [5.41, 5.74) is 0. The van der Waals surface area contributed by atoms with Crippen molar-refractivity contribution in [3.63, 3.8) is 0 Å². The van der Waals surface area contributed by atoms with Gasteiger partial charge in [0, 0.05) is 31.7 Å². The number of hydrogen-bond acceptors (Lipinski definition) is 3. The molecule has 0 radical (unpaired) electrons. The Morgan fingerprint density at radius 3 is 2.57 bits per heavy atom. The largest absolute Gasteiger partial charge is 0.374 e. The Labute approximate surface area is 131 Å². The summed E-state index contributed by atoms with van der Waals surface area (Å²) < 4.78 is 6.08. The van der Waals surface area contributed by atoms with E-state index in [1.165, 1.54) is 32.2 Å². The van der Waals surface area contributed by atoms with Gasteiger partial charge in [0.25, 0.3) is 0 Å². The lowest BCUT2D eigenvalue weighted by molar-refractivity contribution is 0.00360. The van der Waals surface area contributed by atoms with E-state index in [2.05, 4.69) is 44.8 Å². The average Bonchev–Trinajstić information content (AvgIpc) is 2.84. The third-order valence-electron chi connectivity index (χ3n) is 5.40. The van der Waals surface area contributed by atoms with Gasteiger partial charge in [-0.1, -0.05) is 34.1 Å². The maximum atomic E-state index is 6.08. The Balaban J connectivity index is 1.95. The van der Waals surface area contributed by atoms with Crippen LogP contribution in [0.25, 0.3) is 0 Å². The molecule has 2 heterocycles. The predicted molar refractivity (Wildman–Crippen MR) is 89.6 cm³/mol. The van der Waals surface area contributed by atoms with Crippen LogP contribution in [0.4, 0.5) is 0 Å². The lowest BCUT2D eigenvalue weighted by Gasteiger charge is -2.44. The van der Waals surface area contributed by atoms with Crippen molar-refractivity contribution in [3.05, 3.63) is 0 Å². The van der Waals surface area contributed by atoms with Crippen LogP contribution in [0.15, 0.2) is 0 Å². The van der Waals surface area contributed by atoms with Crippen molar-refractivity contribution >= 4 is 0 Å². The molecule has 0 aliphatic carbocycles. The van der Waals surface area contributed by atoms with E-state index in [1.54, 1.807) is 0 Å². The standard InChI is InChI=1S/C18H36N2O/c1-6-14(4)18-12-20(11-17-8-7-15(5)21-17)16(10-19-18)9-13(2)3/h13-19H,6-12H2,1-5H3. The predicted octanol–water partition coefficient (Wildman–Crippen LogP) is 3.29. The highest BCUT2D eigenvalue weighted by atomic mass is 16.5. The van der Waals surface area contributed by atoms with E-state index in [-0.39, 0.29) is 0 Å². The maximum absolute atomic E-state index is 6.08. The third kappa shape index (κ3) is 4.94. The molecule has 124 valence electrons. The van der Waals surface area contributed by atoms with Gasteiger partial charge in [0.15, 0.2) is 0 Å². The molecule has 0 amide bonds. The highest BCUT2D eigenvalue weighted by molar-refractivity contribution is 4.90. The van der Waals surface area contributed by atoms with Gasteiger partial charge in [-0.25, -0.2) is 0 Å². The summed E-state index contributed by atoms with van der Waals surface area (Å²) in [4.78, 5) is 2.73. The molecule has 2 rings (SSSR count). The molecule has 3 nitrogen and oxygen atoms in total. The molecule has 0 bridgehead atoms. The summed E-state index contributed by atoms with van der Waals surface area (Å²) in [6, 6.07) is 1.34. The first-order valence-corrected chi connectivity index (χ1v) is 9.12. The van der Waals surface area contributed by atoms with E-state index in [0.29, 0.717) is 24.3 Å². The quantitative estimate of drug-likeness (QED) is 0.814. The van der Waals surface area contributed by atoms with Crippen LogP contribution in [-0.4, -0.2) is 48.8 Å². The van der Waals surface area contributed by atoms with E-state index in [1.807, 2.05) is 0 Å². The summed E-state index contributed by atoms with van der Waals surface area (Å²) in [5.74, 6) is 1.53. The van der Waals surface area contributed by atoms with Crippen molar-refractivity contribution < 1.29 is 4.74 Å². The van der Waals surface area contributed by atoms with Gasteiger partial charge < -0.3 is 10.1 Å². The van der Waals surface area contributed by atoms with Crippen molar-refractivity contribution in [1.29, 1.82) is 0 Å². The van der Waals surface area contributed by atoms with Gasteiger partial charge in [-0.2, -0.15) is 0 Å². The van der Waals surface area contributed by atoms with Gasteiger partial charge in [0.05, 0.1) is 12.2 Å². The molecule has 2 fully saturated rings. The Hall–Kier alpha value is -0.120. The van der Waals surface area contributed by atoms with E-state index >= 15 is 0 Å². The van der Waals surface area contributed by atoms with Crippen LogP contribution in [0.1, 0.15) is 60.3 Å². The maximum Gasteiger partial charge on any atom is 0.0706 e. The first-order valence-electron chi connectivity index (χ1n) is 9.12. The Morgan fingerprint density at radius 2 is 2.00 bits per heavy atom. The fourth-order valence-corrected chi connectivity index (χ4v) is 3.83. The zero-order chi connectivity index (χ0) is 15.4. The molecular formula is C18H36N2O. The average molecular weight is 296 g/mol. The Kier molecular flexibility index (Phi) is 6.51. The summed E-state index contributed by atoms with van der Waals surface area (Å²) >= 11 is 0. The van der Waals surface area contributed by atoms with Crippen molar-refractivity contribution in [2.75, 3.05) is 19.6 Å². The van der Waals surface area contributed by atoms with Gasteiger partial charge in [-0.05, 0) is 38.0 Å². The summed E-state index contributed by atoms with van der Waals surface area (Å²) in [5, 5.41) is 3.81. The minimum Gasteiger partial charge on any atom is -0.374 e. The second-order valence-corrected chi connectivity index (χ2v) is 7.78. The topological polar surface area (TPSA) is 24.5 Å². The van der Waals surface area contributed by atoms with E-state index in [9.17, 15) is 0 Å². The number of hydrogen-bond donors (Lipinski definition) is 1. The van der Waals surface area contributed by atoms with Gasteiger partial charge >= 0.3 is 0 Å². The van der Waals surface area contributed by atoms with Gasteiger partial charge in [0.1, 0.15) is 0 Å². The van der Waals surface area contributed by atoms with Crippen LogP contribution in [-0.2, 0) is 4.74 Å². The molecule has 0 spiro atoms. The monoisotopic (exact) mass is 296 g/mol. The van der Waals surface area contributed by atoms with Crippen LogP contribution in [0.3, 0.4) is 0 Å². The first-order chi connectivity index (χ1) is 9.99. The lowest BCUT2D eigenvalue weighted by atomic mass is 9.92. The molecule has 21 heavy (non-hydrogen) atoms. The molecule has 0 aromatic carbocycles. The summed E-state index contributed by atoms with van der Waals surface area (Å²) in [6.07, 6.45) is 5.96.